The SMILES string of the molecule is N#Cc1cccc2c1CC1(C2)OCCO1. The van der Waals surface area contributed by atoms with E-state index in [9.17, 15) is 0 Å². The van der Waals surface area contributed by atoms with Crippen LogP contribution < -0.4 is 0 Å². The molecule has 1 fully saturated rings. The third-order valence-electron chi connectivity index (χ3n) is 3.11. The first kappa shape index (κ1) is 8.90. The molecule has 15 heavy (non-hydrogen) atoms. The largest absolute Gasteiger partial charge is 0.347 e. The standard InChI is InChI=1S/C12H11NO2/c13-8-10-3-1-2-9-6-12(7-11(9)10)14-4-5-15-12/h1-3H,4-7H2. The summed E-state index contributed by atoms with van der Waals surface area (Å²) in [6.07, 6.45) is 1.49. The van der Waals surface area contributed by atoms with Gasteiger partial charge in [-0.2, -0.15) is 5.26 Å². The average molecular weight is 201 g/mol. The van der Waals surface area contributed by atoms with Crippen LogP contribution in [0.15, 0.2) is 18.2 Å². The predicted octanol–water partition coefficient (Wildman–Crippen LogP) is 1.40. The molecule has 0 radical (unpaired) electrons. The van der Waals surface area contributed by atoms with Crippen LogP contribution in [0.3, 0.4) is 0 Å². The minimum atomic E-state index is -0.463. The number of ether oxygens (including phenoxy) is 2. The molecule has 3 nitrogen and oxygen atoms in total. The van der Waals surface area contributed by atoms with Crippen LogP contribution >= 0.6 is 0 Å². The molecule has 0 saturated carbocycles. The van der Waals surface area contributed by atoms with Gasteiger partial charge in [0.1, 0.15) is 0 Å². The Bertz CT molecular complexity index is 441. The quantitative estimate of drug-likeness (QED) is 0.637. The highest BCUT2D eigenvalue weighted by Crippen LogP contribution is 2.37. The first-order chi connectivity index (χ1) is 7.33. The monoisotopic (exact) mass is 201 g/mol. The van der Waals surface area contributed by atoms with E-state index in [1.54, 1.807) is 0 Å². The molecule has 3 heteroatoms. The van der Waals surface area contributed by atoms with Crippen molar-refractivity contribution < 1.29 is 9.47 Å². The van der Waals surface area contributed by atoms with Gasteiger partial charge in [-0.1, -0.05) is 12.1 Å². The van der Waals surface area contributed by atoms with Gasteiger partial charge in [-0.3, -0.25) is 0 Å². The minimum absolute atomic E-state index is 0.463. The van der Waals surface area contributed by atoms with Crippen molar-refractivity contribution in [3.63, 3.8) is 0 Å². The Morgan fingerprint density at radius 3 is 2.73 bits per heavy atom. The number of benzene rings is 1. The highest BCUT2D eigenvalue weighted by molar-refractivity contribution is 5.47. The number of fused-ring (bicyclic) bond motifs is 1. The van der Waals surface area contributed by atoms with Crippen molar-refractivity contribution in [1.29, 1.82) is 5.26 Å². The molecule has 1 aliphatic heterocycles. The summed E-state index contributed by atoms with van der Waals surface area (Å²) < 4.78 is 11.3. The van der Waals surface area contributed by atoms with Gasteiger partial charge >= 0.3 is 0 Å². The van der Waals surface area contributed by atoms with Gasteiger partial charge in [0.05, 0.1) is 24.8 Å². The maximum absolute atomic E-state index is 9.00. The van der Waals surface area contributed by atoms with Crippen LogP contribution in [0, 0.1) is 11.3 Å². The van der Waals surface area contributed by atoms with Gasteiger partial charge in [0, 0.05) is 12.8 Å². The lowest BCUT2D eigenvalue weighted by Gasteiger charge is -2.20. The lowest BCUT2D eigenvalue weighted by atomic mass is 10.0. The van der Waals surface area contributed by atoms with Crippen LogP contribution in [-0.4, -0.2) is 19.0 Å². The summed E-state index contributed by atoms with van der Waals surface area (Å²) >= 11 is 0. The molecule has 0 atom stereocenters. The van der Waals surface area contributed by atoms with Crippen molar-refractivity contribution in [2.75, 3.05) is 13.2 Å². The van der Waals surface area contributed by atoms with Gasteiger partial charge in [0.2, 0.25) is 0 Å². The van der Waals surface area contributed by atoms with E-state index in [0.717, 1.165) is 17.5 Å². The molecule has 1 aliphatic carbocycles. The smallest absolute Gasteiger partial charge is 0.176 e. The van der Waals surface area contributed by atoms with Crippen molar-refractivity contribution in [2.45, 2.75) is 18.6 Å². The summed E-state index contributed by atoms with van der Waals surface area (Å²) in [6, 6.07) is 8.05. The van der Waals surface area contributed by atoms with E-state index in [1.807, 2.05) is 12.1 Å². The van der Waals surface area contributed by atoms with Crippen LogP contribution in [0.5, 0.6) is 0 Å². The molecule has 0 aromatic heterocycles. The maximum Gasteiger partial charge on any atom is 0.176 e. The summed E-state index contributed by atoms with van der Waals surface area (Å²) in [7, 11) is 0. The lowest BCUT2D eigenvalue weighted by molar-refractivity contribution is -0.147. The van der Waals surface area contributed by atoms with Gasteiger partial charge < -0.3 is 9.47 Å². The molecular weight excluding hydrogens is 190 g/mol. The minimum Gasteiger partial charge on any atom is -0.347 e. The number of rotatable bonds is 0. The Hall–Kier alpha value is -1.37. The predicted molar refractivity (Wildman–Crippen MR) is 53.2 cm³/mol. The third-order valence-corrected chi connectivity index (χ3v) is 3.11. The normalized spacial score (nSPS) is 21.5. The molecule has 2 aliphatic rings. The Morgan fingerprint density at radius 2 is 2.00 bits per heavy atom. The van der Waals surface area contributed by atoms with E-state index < -0.39 is 5.79 Å². The van der Waals surface area contributed by atoms with Crippen molar-refractivity contribution in [3.05, 3.63) is 34.9 Å². The Kier molecular flexibility index (Phi) is 1.82. The van der Waals surface area contributed by atoms with Gasteiger partial charge in [-0.15, -0.1) is 0 Å². The first-order valence-corrected chi connectivity index (χ1v) is 5.12. The number of nitrogens with zero attached hydrogens (tertiary/aromatic N) is 1. The molecule has 1 saturated heterocycles. The van der Waals surface area contributed by atoms with E-state index >= 15 is 0 Å². The van der Waals surface area contributed by atoms with Gasteiger partial charge in [-0.25, -0.2) is 0 Å². The third kappa shape index (κ3) is 1.26. The Balaban J connectivity index is 2.03. The van der Waals surface area contributed by atoms with E-state index in [1.165, 1.54) is 5.56 Å². The fraction of sp³-hybridized carbons (Fsp3) is 0.417. The fourth-order valence-electron chi connectivity index (χ4n) is 2.44. The van der Waals surface area contributed by atoms with Gasteiger partial charge in [-0.05, 0) is 17.2 Å². The second-order valence-corrected chi connectivity index (χ2v) is 4.02. The van der Waals surface area contributed by atoms with Crippen molar-refractivity contribution >= 4 is 0 Å². The number of hydrogen-bond acceptors (Lipinski definition) is 3. The maximum atomic E-state index is 9.00. The van der Waals surface area contributed by atoms with Crippen molar-refractivity contribution in [3.8, 4) is 6.07 Å². The first-order valence-electron chi connectivity index (χ1n) is 5.12. The molecule has 1 aromatic rings. The molecule has 0 N–H and O–H groups in total. The Labute approximate surface area is 88.2 Å². The van der Waals surface area contributed by atoms with Crippen molar-refractivity contribution in [2.24, 2.45) is 0 Å². The summed E-state index contributed by atoms with van der Waals surface area (Å²) in [6.45, 7) is 1.33. The van der Waals surface area contributed by atoms with E-state index in [4.69, 9.17) is 14.7 Å². The van der Waals surface area contributed by atoms with E-state index in [0.29, 0.717) is 19.6 Å². The lowest BCUT2D eigenvalue weighted by Crippen LogP contribution is -2.30. The molecule has 76 valence electrons. The summed E-state index contributed by atoms with van der Waals surface area (Å²) in [4.78, 5) is 0. The Morgan fingerprint density at radius 1 is 1.20 bits per heavy atom. The fourth-order valence-corrected chi connectivity index (χ4v) is 2.44. The highest BCUT2D eigenvalue weighted by atomic mass is 16.7. The topological polar surface area (TPSA) is 42.2 Å². The van der Waals surface area contributed by atoms with E-state index in [-0.39, 0.29) is 0 Å². The van der Waals surface area contributed by atoms with Gasteiger partial charge in [0.15, 0.2) is 5.79 Å². The number of nitriles is 1. The molecule has 1 aromatic carbocycles. The van der Waals surface area contributed by atoms with Crippen molar-refractivity contribution in [1.82, 2.24) is 0 Å². The molecule has 0 bridgehead atoms. The molecular formula is C12H11NO2. The number of hydrogen-bond donors (Lipinski definition) is 0. The highest BCUT2D eigenvalue weighted by Gasteiger charge is 2.43. The summed E-state index contributed by atoms with van der Waals surface area (Å²) in [5.74, 6) is -0.463. The van der Waals surface area contributed by atoms with Crippen LogP contribution in [-0.2, 0) is 22.3 Å². The average Bonchev–Trinajstić information content (AvgIpc) is 2.84. The molecule has 3 rings (SSSR count). The molecule has 1 spiro atoms. The zero-order chi connectivity index (χ0) is 10.3. The molecule has 1 heterocycles. The van der Waals surface area contributed by atoms with Crippen LogP contribution in [0.4, 0.5) is 0 Å². The van der Waals surface area contributed by atoms with Crippen LogP contribution in [0.1, 0.15) is 16.7 Å². The zero-order valence-corrected chi connectivity index (χ0v) is 8.32. The van der Waals surface area contributed by atoms with Crippen LogP contribution in [0.2, 0.25) is 0 Å². The van der Waals surface area contributed by atoms with E-state index in [2.05, 4.69) is 12.1 Å². The summed E-state index contributed by atoms with van der Waals surface area (Å²) in [5.41, 5.74) is 3.04. The van der Waals surface area contributed by atoms with Crippen LogP contribution in [0.25, 0.3) is 0 Å². The second kappa shape index (κ2) is 3.06. The second-order valence-electron chi connectivity index (χ2n) is 4.02. The zero-order valence-electron chi connectivity index (χ0n) is 8.32. The summed E-state index contributed by atoms with van der Waals surface area (Å²) in [5, 5.41) is 9.00. The molecule has 0 unspecified atom stereocenters. The molecule has 0 amide bonds. The van der Waals surface area contributed by atoms with Gasteiger partial charge in [0.25, 0.3) is 0 Å².